The molecule has 21 heavy (non-hydrogen) atoms. The molecular weight excluding hydrogens is 294 g/mol. The fourth-order valence-corrected chi connectivity index (χ4v) is 2.55. The normalized spacial score (nSPS) is 18.0. The van der Waals surface area contributed by atoms with Crippen molar-refractivity contribution >= 4 is 17.5 Å². The second kappa shape index (κ2) is 5.69. The van der Waals surface area contributed by atoms with Crippen LogP contribution in [0.2, 0.25) is 5.02 Å². The van der Waals surface area contributed by atoms with E-state index in [9.17, 15) is 4.79 Å². The van der Waals surface area contributed by atoms with Crippen molar-refractivity contribution < 1.29 is 4.74 Å². The Bertz CT molecular complexity index is 688. The van der Waals surface area contributed by atoms with E-state index in [1.54, 1.807) is 12.4 Å². The number of aromatic nitrogens is 4. The molecule has 0 radical (unpaired) electrons. The number of nitrogens with zero attached hydrogens (tertiary/aromatic N) is 4. The fourth-order valence-electron chi connectivity index (χ4n) is 2.46. The summed E-state index contributed by atoms with van der Waals surface area (Å²) in [6, 6.07) is -0.0511. The minimum absolute atomic E-state index is 0.0511. The molecule has 1 aliphatic rings. The summed E-state index contributed by atoms with van der Waals surface area (Å²) in [7, 11) is 1.44. The molecule has 1 unspecified atom stereocenters. The molecular formula is C13H14ClN5O2. The molecule has 1 N–H and O–H groups in total. The number of halogens is 1. The van der Waals surface area contributed by atoms with Crippen molar-refractivity contribution in [2.75, 3.05) is 18.6 Å². The molecule has 3 rings (SSSR count). The van der Waals surface area contributed by atoms with Crippen LogP contribution in [0, 0.1) is 0 Å². The van der Waals surface area contributed by atoms with Gasteiger partial charge in [0, 0.05) is 6.54 Å². The first-order valence-electron chi connectivity index (χ1n) is 6.56. The number of H-pyrrole nitrogens is 1. The van der Waals surface area contributed by atoms with Crippen LogP contribution >= 0.6 is 11.6 Å². The highest BCUT2D eigenvalue weighted by molar-refractivity contribution is 6.30. The number of rotatable bonds is 3. The highest BCUT2D eigenvalue weighted by Crippen LogP contribution is 2.32. The van der Waals surface area contributed by atoms with Crippen LogP contribution < -0.4 is 15.2 Å². The Kier molecular flexibility index (Phi) is 3.74. The molecule has 2 aromatic heterocycles. The molecule has 1 aliphatic heterocycles. The minimum atomic E-state index is -0.286. The predicted octanol–water partition coefficient (Wildman–Crippen LogP) is 1.56. The second-order valence-electron chi connectivity index (χ2n) is 4.72. The Hall–Kier alpha value is -2.15. The standard InChI is InChI=1S/C13H14ClN5O2/c1-21-10-7-15-11(18-12(10)20)9-3-2-4-19(9)13-16-5-8(14)6-17-13/h5-7,9H,2-4H2,1H3,(H,15,18,20). The van der Waals surface area contributed by atoms with Gasteiger partial charge in [0.1, 0.15) is 5.82 Å². The number of aromatic amines is 1. The van der Waals surface area contributed by atoms with E-state index < -0.39 is 0 Å². The van der Waals surface area contributed by atoms with Crippen LogP contribution in [0.25, 0.3) is 0 Å². The lowest BCUT2D eigenvalue weighted by Gasteiger charge is -2.23. The van der Waals surface area contributed by atoms with Gasteiger partial charge in [-0.15, -0.1) is 0 Å². The van der Waals surface area contributed by atoms with E-state index in [1.165, 1.54) is 13.3 Å². The van der Waals surface area contributed by atoms with Gasteiger partial charge in [0.15, 0.2) is 0 Å². The van der Waals surface area contributed by atoms with E-state index in [-0.39, 0.29) is 17.4 Å². The summed E-state index contributed by atoms with van der Waals surface area (Å²) < 4.78 is 4.93. The lowest BCUT2D eigenvalue weighted by atomic mass is 10.2. The number of hydrogen-bond acceptors (Lipinski definition) is 6. The van der Waals surface area contributed by atoms with Gasteiger partial charge in [0.25, 0.3) is 5.56 Å². The molecule has 0 saturated carbocycles. The average Bonchev–Trinajstić information content (AvgIpc) is 2.97. The Morgan fingerprint density at radius 1 is 1.33 bits per heavy atom. The topological polar surface area (TPSA) is 84.0 Å². The maximum Gasteiger partial charge on any atom is 0.293 e. The van der Waals surface area contributed by atoms with Crippen LogP contribution in [0.3, 0.4) is 0 Å². The molecule has 110 valence electrons. The highest BCUT2D eigenvalue weighted by atomic mass is 35.5. The van der Waals surface area contributed by atoms with Gasteiger partial charge in [-0.1, -0.05) is 11.6 Å². The molecule has 1 saturated heterocycles. The molecule has 1 atom stereocenters. The van der Waals surface area contributed by atoms with Gasteiger partial charge in [0.05, 0.1) is 36.8 Å². The minimum Gasteiger partial charge on any atom is -0.490 e. The van der Waals surface area contributed by atoms with Crippen LogP contribution in [0.4, 0.5) is 5.95 Å². The lowest BCUT2D eigenvalue weighted by Crippen LogP contribution is -2.27. The zero-order valence-electron chi connectivity index (χ0n) is 11.4. The van der Waals surface area contributed by atoms with Gasteiger partial charge < -0.3 is 14.6 Å². The summed E-state index contributed by atoms with van der Waals surface area (Å²) >= 11 is 5.81. The van der Waals surface area contributed by atoms with Gasteiger partial charge >= 0.3 is 0 Å². The third-order valence-electron chi connectivity index (χ3n) is 3.44. The van der Waals surface area contributed by atoms with E-state index in [1.807, 2.05) is 4.90 Å². The van der Waals surface area contributed by atoms with E-state index in [2.05, 4.69) is 19.9 Å². The third-order valence-corrected chi connectivity index (χ3v) is 3.63. The average molecular weight is 308 g/mol. The van der Waals surface area contributed by atoms with Crippen molar-refractivity contribution in [1.29, 1.82) is 0 Å². The maximum atomic E-state index is 11.8. The molecule has 2 aromatic rings. The van der Waals surface area contributed by atoms with Crippen molar-refractivity contribution in [1.82, 2.24) is 19.9 Å². The zero-order chi connectivity index (χ0) is 14.8. The van der Waals surface area contributed by atoms with Crippen LogP contribution in [0.1, 0.15) is 24.7 Å². The molecule has 8 heteroatoms. The highest BCUT2D eigenvalue weighted by Gasteiger charge is 2.30. The smallest absolute Gasteiger partial charge is 0.293 e. The Morgan fingerprint density at radius 3 is 2.76 bits per heavy atom. The van der Waals surface area contributed by atoms with E-state index in [0.29, 0.717) is 16.8 Å². The first kappa shape index (κ1) is 13.8. The van der Waals surface area contributed by atoms with E-state index in [4.69, 9.17) is 16.3 Å². The molecule has 0 aromatic carbocycles. The quantitative estimate of drug-likeness (QED) is 0.926. The summed E-state index contributed by atoms with van der Waals surface area (Å²) in [4.78, 5) is 29.4. The molecule has 3 heterocycles. The fraction of sp³-hybridized carbons (Fsp3) is 0.385. The first-order chi connectivity index (χ1) is 10.2. The Labute approximate surface area is 126 Å². The van der Waals surface area contributed by atoms with Crippen molar-refractivity contribution in [2.45, 2.75) is 18.9 Å². The summed E-state index contributed by atoms with van der Waals surface area (Å²) in [5.74, 6) is 1.38. The van der Waals surface area contributed by atoms with Gasteiger partial charge in [0.2, 0.25) is 11.7 Å². The molecule has 0 bridgehead atoms. The monoisotopic (exact) mass is 307 g/mol. The predicted molar refractivity (Wildman–Crippen MR) is 77.8 cm³/mol. The number of hydrogen-bond donors (Lipinski definition) is 1. The molecule has 0 aliphatic carbocycles. The lowest BCUT2D eigenvalue weighted by molar-refractivity contribution is 0.404. The Morgan fingerprint density at radius 2 is 2.10 bits per heavy atom. The summed E-state index contributed by atoms with van der Waals surface area (Å²) in [5, 5.41) is 0.491. The Balaban J connectivity index is 1.92. The van der Waals surface area contributed by atoms with Crippen molar-refractivity contribution in [3.8, 4) is 5.75 Å². The van der Waals surface area contributed by atoms with E-state index >= 15 is 0 Å². The summed E-state index contributed by atoms with van der Waals surface area (Å²) in [6.45, 7) is 0.808. The molecule has 0 spiro atoms. The second-order valence-corrected chi connectivity index (χ2v) is 5.16. The molecule has 0 amide bonds. The van der Waals surface area contributed by atoms with Crippen molar-refractivity contribution in [3.05, 3.63) is 39.8 Å². The number of methoxy groups -OCH3 is 1. The van der Waals surface area contributed by atoms with Gasteiger partial charge in [-0.3, -0.25) is 4.79 Å². The summed E-state index contributed by atoms with van der Waals surface area (Å²) in [6.07, 6.45) is 6.41. The maximum absolute atomic E-state index is 11.8. The number of nitrogens with one attached hydrogen (secondary N) is 1. The van der Waals surface area contributed by atoms with Crippen LogP contribution in [0.15, 0.2) is 23.4 Å². The van der Waals surface area contributed by atoms with Gasteiger partial charge in [-0.25, -0.2) is 15.0 Å². The first-order valence-corrected chi connectivity index (χ1v) is 6.94. The SMILES string of the molecule is COc1cnc(C2CCCN2c2ncc(Cl)cn2)[nH]c1=O. The van der Waals surface area contributed by atoms with Crippen LogP contribution in [-0.4, -0.2) is 33.6 Å². The largest absolute Gasteiger partial charge is 0.490 e. The van der Waals surface area contributed by atoms with Crippen molar-refractivity contribution in [2.24, 2.45) is 0 Å². The van der Waals surface area contributed by atoms with Gasteiger partial charge in [-0.05, 0) is 12.8 Å². The zero-order valence-corrected chi connectivity index (χ0v) is 12.2. The third kappa shape index (κ3) is 2.69. The van der Waals surface area contributed by atoms with Gasteiger partial charge in [-0.2, -0.15) is 0 Å². The molecule has 1 fully saturated rings. The van der Waals surface area contributed by atoms with Crippen molar-refractivity contribution in [3.63, 3.8) is 0 Å². The molecule has 7 nitrogen and oxygen atoms in total. The van der Waals surface area contributed by atoms with Crippen LogP contribution in [-0.2, 0) is 0 Å². The summed E-state index contributed by atoms with van der Waals surface area (Å²) in [5.41, 5.74) is -0.286. The number of anilines is 1. The van der Waals surface area contributed by atoms with E-state index in [0.717, 1.165) is 19.4 Å². The number of ether oxygens (including phenoxy) is 1. The van der Waals surface area contributed by atoms with Crippen LogP contribution in [0.5, 0.6) is 5.75 Å².